The van der Waals surface area contributed by atoms with Gasteiger partial charge in [0.05, 0.1) is 0 Å². The number of benzene rings is 1. The highest BCUT2D eigenvalue weighted by Crippen LogP contribution is 2.31. The highest BCUT2D eigenvalue weighted by molar-refractivity contribution is 7.15. The second-order valence-corrected chi connectivity index (χ2v) is 7.02. The summed E-state index contributed by atoms with van der Waals surface area (Å²) in [4.78, 5) is 0. The summed E-state index contributed by atoms with van der Waals surface area (Å²) in [5.41, 5.74) is 1.27. The Hall–Kier alpha value is -1.62. The van der Waals surface area contributed by atoms with Crippen LogP contribution in [0, 0.1) is 0 Å². The molecule has 114 valence electrons. The first-order chi connectivity index (χ1) is 10.0. The standard InChI is InChI=1S/C16H23N3OS/c1-5-10-17-15-19-18-14(21-15)11-20-13-9-7-6-8-12(13)16(2,3)4/h6-9H,5,10-11H2,1-4H3,(H,17,19). The average molecular weight is 305 g/mol. The van der Waals surface area contributed by atoms with E-state index in [1.165, 1.54) is 5.56 Å². The van der Waals surface area contributed by atoms with Crippen molar-refractivity contribution in [3.05, 3.63) is 34.8 Å². The molecule has 0 radical (unpaired) electrons. The Morgan fingerprint density at radius 2 is 1.95 bits per heavy atom. The molecular weight excluding hydrogens is 282 g/mol. The van der Waals surface area contributed by atoms with Gasteiger partial charge in [0.15, 0.2) is 5.01 Å². The van der Waals surface area contributed by atoms with E-state index in [1.807, 2.05) is 18.2 Å². The van der Waals surface area contributed by atoms with Crippen LogP contribution < -0.4 is 10.1 Å². The molecule has 0 unspecified atom stereocenters. The summed E-state index contributed by atoms with van der Waals surface area (Å²) in [5, 5.41) is 13.3. The second-order valence-electron chi connectivity index (χ2n) is 5.96. The molecule has 0 aliphatic heterocycles. The van der Waals surface area contributed by atoms with Gasteiger partial charge in [0.1, 0.15) is 12.4 Å². The third kappa shape index (κ3) is 4.43. The molecule has 0 aliphatic rings. The molecule has 5 heteroatoms. The Kier molecular flexibility index (Phi) is 5.17. The minimum absolute atomic E-state index is 0.0611. The highest BCUT2D eigenvalue weighted by Gasteiger charge is 2.18. The predicted octanol–water partition coefficient (Wildman–Crippen LogP) is 4.24. The van der Waals surface area contributed by atoms with Crippen molar-refractivity contribution in [3.63, 3.8) is 0 Å². The second kappa shape index (κ2) is 6.89. The SMILES string of the molecule is CCCNc1nnc(COc2ccccc2C(C)(C)C)s1. The minimum atomic E-state index is 0.0611. The number of ether oxygens (including phenoxy) is 1. The average Bonchev–Trinajstić information content (AvgIpc) is 2.90. The van der Waals surface area contributed by atoms with E-state index in [2.05, 4.69) is 49.3 Å². The number of aromatic nitrogens is 2. The van der Waals surface area contributed by atoms with Gasteiger partial charge in [-0.1, -0.05) is 57.2 Å². The topological polar surface area (TPSA) is 47.0 Å². The van der Waals surface area contributed by atoms with Gasteiger partial charge in [-0.15, -0.1) is 10.2 Å². The van der Waals surface area contributed by atoms with Gasteiger partial charge in [0.25, 0.3) is 0 Å². The summed E-state index contributed by atoms with van der Waals surface area (Å²) in [7, 11) is 0. The van der Waals surface area contributed by atoms with Crippen molar-refractivity contribution in [2.24, 2.45) is 0 Å². The Morgan fingerprint density at radius 1 is 1.19 bits per heavy atom. The smallest absolute Gasteiger partial charge is 0.205 e. The van der Waals surface area contributed by atoms with Crippen LogP contribution in [0.1, 0.15) is 44.7 Å². The number of nitrogens with zero attached hydrogens (tertiary/aromatic N) is 2. The van der Waals surface area contributed by atoms with Gasteiger partial charge in [-0.3, -0.25) is 0 Å². The molecule has 1 heterocycles. The van der Waals surface area contributed by atoms with Gasteiger partial charge in [-0.2, -0.15) is 0 Å². The fourth-order valence-corrected chi connectivity index (χ4v) is 2.65. The lowest BCUT2D eigenvalue weighted by Crippen LogP contribution is -2.13. The number of hydrogen-bond donors (Lipinski definition) is 1. The molecule has 0 aliphatic carbocycles. The monoisotopic (exact) mass is 305 g/mol. The summed E-state index contributed by atoms with van der Waals surface area (Å²) in [6, 6.07) is 8.17. The lowest BCUT2D eigenvalue weighted by molar-refractivity contribution is 0.296. The zero-order valence-electron chi connectivity index (χ0n) is 13.1. The Balaban J connectivity index is 2.02. The van der Waals surface area contributed by atoms with Gasteiger partial charge in [-0.05, 0) is 23.5 Å². The van der Waals surface area contributed by atoms with Crippen molar-refractivity contribution < 1.29 is 4.74 Å². The summed E-state index contributed by atoms with van der Waals surface area (Å²) < 4.78 is 5.95. The third-order valence-corrected chi connectivity index (χ3v) is 3.89. The van der Waals surface area contributed by atoms with Crippen LogP contribution >= 0.6 is 11.3 Å². The van der Waals surface area contributed by atoms with Crippen LogP contribution in [0.15, 0.2) is 24.3 Å². The summed E-state index contributed by atoms with van der Waals surface area (Å²) in [5.74, 6) is 0.920. The molecule has 21 heavy (non-hydrogen) atoms. The van der Waals surface area contributed by atoms with Crippen molar-refractivity contribution in [1.29, 1.82) is 0 Å². The summed E-state index contributed by atoms with van der Waals surface area (Å²) >= 11 is 1.55. The van der Waals surface area contributed by atoms with E-state index in [0.29, 0.717) is 6.61 Å². The molecule has 0 amide bonds. The van der Waals surface area contributed by atoms with Crippen LogP contribution in [0.2, 0.25) is 0 Å². The summed E-state index contributed by atoms with van der Waals surface area (Å²) in [6.07, 6.45) is 1.07. The van der Waals surface area contributed by atoms with Crippen molar-refractivity contribution in [2.45, 2.75) is 46.1 Å². The fraction of sp³-hybridized carbons (Fsp3) is 0.500. The van der Waals surface area contributed by atoms with Crippen LogP contribution in [-0.2, 0) is 12.0 Å². The number of para-hydroxylation sites is 1. The van der Waals surface area contributed by atoms with Gasteiger partial charge < -0.3 is 10.1 Å². The number of anilines is 1. The number of hydrogen-bond acceptors (Lipinski definition) is 5. The van der Waals surface area contributed by atoms with Crippen LogP contribution in [0.5, 0.6) is 5.75 Å². The van der Waals surface area contributed by atoms with E-state index in [4.69, 9.17) is 4.74 Å². The molecule has 1 aromatic carbocycles. The predicted molar refractivity (Wildman–Crippen MR) is 88.2 cm³/mol. The minimum Gasteiger partial charge on any atom is -0.486 e. The molecule has 0 saturated heterocycles. The normalized spacial score (nSPS) is 11.4. The van der Waals surface area contributed by atoms with Gasteiger partial charge in [0.2, 0.25) is 5.13 Å². The van der Waals surface area contributed by atoms with E-state index in [0.717, 1.165) is 28.9 Å². The zero-order valence-corrected chi connectivity index (χ0v) is 14.0. The van der Waals surface area contributed by atoms with E-state index in [1.54, 1.807) is 11.3 Å². The maximum Gasteiger partial charge on any atom is 0.205 e. The molecular formula is C16H23N3OS. The molecule has 2 rings (SSSR count). The van der Waals surface area contributed by atoms with Crippen LogP contribution in [0.3, 0.4) is 0 Å². The largest absolute Gasteiger partial charge is 0.486 e. The van der Waals surface area contributed by atoms with E-state index in [9.17, 15) is 0 Å². The quantitative estimate of drug-likeness (QED) is 0.867. The zero-order chi connectivity index (χ0) is 15.3. The maximum absolute atomic E-state index is 5.95. The Labute approximate surface area is 130 Å². The lowest BCUT2D eigenvalue weighted by Gasteiger charge is -2.22. The van der Waals surface area contributed by atoms with Crippen LogP contribution in [0.4, 0.5) is 5.13 Å². The molecule has 2 aromatic rings. The molecule has 4 nitrogen and oxygen atoms in total. The number of nitrogens with one attached hydrogen (secondary N) is 1. The van der Waals surface area contributed by atoms with Crippen LogP contribution in [0.25, 0.3) is 0 Å². The first-order valence-electron chi connectivity index (χ1n) is 7.29. The highest BCUT2D eigenvalue weighted by atomic mass is 32.1. The van der Waals surface area contributed by atoms with Crippen molar-refractivity contribution in [1.82, 2.24) is 10.2 Å². The fourth-order valence-electron chi connectivity index (χ4n) is 1.97. The molecule has 0 saturated carbocycles. The Morgan fingerprint density at radius 3 is 2.67 bits per heavy atom. The molecule has 0 atom stereocenters. The third-order valence-electron chi connectivity index (χ3n) is 3.04. The van der Waals surface area contributed by atoms with E-state index in [-0.39, 0.29) is 5.41 Å². The van der Waals surface area contributed by atoms with Gasteiger partial charge in [-0.25, -0.2) is 0 Å². The van der Waals surface area contributed by atoms with Crippen molar-refractivity contribution in [3.8, 4) is 5.75 Å². The number of rotatable bonds is 6. The first-order valence-corrected chi connectivity index (χ1v) is 8.11. The van der Waals surface area contributed by atoms with Gasteiger partial charge in [0, 0.05) is 6.54 Å². The molecule has 1 N–H and O–H groups in total. The molecule has 0 bridgehead atoms. The molecule has 0 spiro atoms. The molecule has 0 fully saturated rings. The van der Waals surface area contributed by atoms with Gasteiger partial charge >= 0.3 is 0 Å². The first kappa shape index (κ1) is 15.8. The van der Waals surface area contributed by atoms with Crippen LogP contribution in [-0.4, -0.2) is 16.7 Å². The maximum atomic E-state index is 5.95. The van der Waals surface area contributed by atoms with E-state index < -0.39 is 0 Å². The Bertz CT molecular complexity index is 575. The van der Waals surface area contributed by atoms with Crippen molar-refractivity contribution >= 4 is 16.5 Å². The lowest BCUT2D eigenvalue weighted by atomic mass is 9.86. The summed E-state index contributed by atoms with van der Waals surface area (Å²) in [6.45, 7) is 10.1. The molecule has 1 aromatic heterocycles. The van der Waals surface area contributed by atoms with Crippen molar-refractivity contribution in [2.75, 3.05) is 11.9 Å². The van der Waals surface area contributed by atoms with E-state index >= 15 is 0 Å².